The van der Waals surface area contributed by atoms with Crippen LogP contribution < -0.4 is 0 Å². The number of halogens is 1. The fourth-order valence-electron chi connectivity index (χ4n) is 3.63. The van der Waals surface area contributed by atoms with E-state index in [9.17, 15) is 0 Å². The first-order valence-corrected chi connectivity index (χ1v) is 8.07. The molecule has 0 bridgehead atoms. The molecule has 0 aromatic heterocycles. The lowest BCUT2D eigenvalue weighted by molar-refractivity contribution is 0.229. The molecule has 0 fully saturated rings. The van der Waals surface area contributed by atoms with Gasteiger partial charge in [0, 0.05) is 12.6 Å². The van der Waals surface area contributed by atoms with Crippen molar-refractivity contribution >= 4 is 23.2 Å². The second kappa shape index (κ2) is 6.74. The van der Waals surface area contributed by atoms with Crippen molar-refractivity contribution in [1.82, 2.24) is 4.90 Å². The van der Waals surface area contributed by atoms with Crippen molar-refractivity contribution in [2.45, 2.75) is 18.9 Å². The molecule has 0 N–H and O–H groups in total. The summed E-state index contributed by atoms with van der Waals surface area (Å²) in [5.74, 6) is 0. The van der Waals surface area contributed by atoms with Crippen LogP contribution in [0.15, 0.2) is 66.7 Å². The molecule has 3 aromatic carbocycles. The van der Waals surface area contributed by atoms with Crippen LogP contribution >= 0.6 is 12.4 Å². The van der Waals surface area contributed by atoms with Gasteiger partial charge in [0.25, 0.3) is 0 Å². The molecule has 1 unspecified atom stereocenters. The first kappa shape index (κ1) is 16.0. The summed E-state index contributed by atoms with van der Waals surface area (Å²) in [5, 5.41) is 2.66. The van der Waals surface area contributed by atoms with Crippen molar-refractivity contribution in [3.05, 3.63) is 83.4 Å². The van der Waals surface area contributed by atoms with Crippen molar-refractivity contribution in [3.63, 3.8) is 0 Å². The van der Waals surface area contributed by atoms with Crippen molar-refractivity contribution in [1.29, 1.82) is 0 Å². The van der Waals surface area contributed by atoms with Crippen LogP contribution in [0.4, 0.5) is 0 Å². The molecule has 118 valence electrons. The van der Waals surface area contributed by atoms with Gasteiger partial charge in [-0.2, -0.15) is 0 Å². The van der Waals surface area contributed by atoms with Crippen LogP contribution in [0.2, 0.25) is 0 Å². The van der Waals surface area contributed by atoms with E-state index in [1.165, 1.54) is 33.9 Å². The van der Waals surface area contributed by atoms with Crippen LogP contribution in [-0.2, 0) is 12.8 Å². The summed E-state index contributed by atoms with van der Waals surface area (Å²) in [5.41, 5.74) is 4.45. The van der Waals surface area contributed by atoms with Gasteiger partial charge in [-0.3, -0.25) is 4.90 Å². The van der Waals surface area contributed by atoms with Gasteiger partial charge in [0.05, 0.1) is 0 Å². The van der Waals surface area contributed by atoms with Crippen LogP contribution in [0, 0.1) is 0 Å². The van der Waals surface area contributed by atoms with Crippen molar-refractivity contribution < 1.29 is 0 Å². The Morgan fingerprint density at radius 3 is 2.52 bits per heavy atom. The minimum atomic E-state index is 0. The average Bonchev–Trinajstić information content (AvgIpc) is 2.57. The molecule has 1 aliphatic rings. The highest BCUT2D eigenvalue weighted by Gasteiger charge is 2.24. The zero-order chi connectivity index (χ0) is 14.9. The molecule has 1 aliphatic heterocycles. The van der Waals surface area contributed by atoms with Gasteiger partial charge in [0.1, 0.15) is 0 Å². The fourth-order valence-corrected chi connectivity index (χ4v) is 3.63. The van der Waals surface area contributed by atoms with Gasteiger partial charge in [-0.25, -0.2) is 0 Å². The van der Waals surface area contributed by atoms with E-state index in [-0.39, 0.29) is 12.4 Å². The number of hydrogen-bond acceptors (Lipinski definition) is 1. The molecule has 0 spiro atoms. The van der Waals surface area contributed by atoms with Crippen LogP contribution in [0.3, 0.4) is 0 Å². The minimum absolute atomic E-state index is 0. The summed E-state index contributed by atoms with van der Waals surface area (Å²) < 4.78 is 0. The maximum absolute atomic E-state index is 2.50. The van der Waals surface area contributed by atoms with Gasteiger partial charge in [-0.1, -0.05) is 66.7 Å². The normalized spacial score (nSPS) is 17.5. The molecule has 1 atom stereocenters. The number of nitrogens with zero attached hydrogens (tertiary/aromatic N) is 1. The van der Waals surface area contributed by atoms with E-state index in [0.717, 1.165) is 13.0 Å². The monoisotopic (exact) mass is 323 g/mol. The zero-order valence-corrected chi connectivity index (χ0v) is 14.2. The van der Waals surface area contributed by atoms with Crippen molar-refractivity contribution in [3.8, 4) is 0 Å². The maximum atomic E-state index is 2.50. The number of rotatable bonds is 2. The predicted octanol–water partition coefficient (Wildman–Crippen LogP) is 5.03. The van der Waals surface area contributed by atoms with Gasteiger partial charge in [-0.05, 0) is 47.4 Å². The van der Waals surface area contributed by atoms with E-state index < -0.39 is 0 Å². The average molecular weight is 324 g/mol. The first-order valence-electron chi connectivity index (χ1n) is 8.07. The highest BCUT2D eigenvalue weighted by atomic mass is 35.5. The summed E-state index contributed by atoms with van der Waals surface area (Å²) in [6, 6.07) is 24.9. The lowest BCUT2D eigenvalue weighted by Gasteiger charge is -2.34. The standard InChI is InChI=1S/C21H21N.ClH/c1-22-13-12-18-7-4-5-9-20(18)21(22)15-16-10-11-17-6-2-3-8-19(17)14-16;/h2-11,14,21H,12-13,15H2,1H3;1H. The van der Waals surface area contributed by atoms with Crippen LogP contribution in [0.1, 0.15) is 22.7 Å². The summed E-state index contributed by atoms with van der Waals surface area (Å²) in [7, 11) is 2.25. The second-order valence-corrected chi connectivity index (χ2v) is 6.33. The van der Waals surface area contributed by atoms with Gasteiger partial charge in [0.2, 0.25) is 0 Å². The van der Waals surface area contributed by atoms with Gasteiger partial charge >= 0.3 is 0 Å². The Morgan fingerprint density at radius 1 is 0.913 bits per heavy atom. The Kier molecular flexibility index (Phi) is 4.70. The molecule has 3 aromatic rings. The third-order valence-corrected chi connectivity index (χ3v) is 4.92. The van der Waals surface area contributed by atoms with Gasteiger partial charge in [-0.15, -0.1) is 12.4 Å². The minimum Gasteiger partial charge on any atom is -0.299 e. The van der Waals surface area contributed by atoms with E-state index in [0.29, 0.717) is 6.04 Å². The molecular formula is C21H22ClN. The third-order valence-electron chi connectivity index (χ3n) is 4.92. The number of likely N-dealkylation sites (N-methyl/N-ethyl adjacent to an activating group) is 1. The van der Waals surface area contributed by atoms with E-state index >= 15 is 0 Å². The molecule has 1 nitrogen and oxygen atoms in total. The molecule has 0 aliphatic carbocycles. The Morgan fingerprint density at radius 2 is 1.65 bits per heavy atom. The Labute approximate surface area is 144 Å². The van der Waals surface area contributed by atoms with Crippen LogP contribution in [0.5, 0.6) is 0 Å². The highest BCUT2D eigenvalue weighted by molar-refractivity contribution is 5.85. The third kappa shape index (κ3) is 3.12. The van der Waals surface area contributed by atoms with E-state index in [4.69, 9.17) is 0 Å². The molecule has 0 radical (unpaired) electrons. The topological polar surface area (TPSA) is 3.24 Å². The molecule has 0 saturated carbocycles. The van der Waals surface area contributed by atoms with E-state index in [2.05, 4.69) is 78.7 Å². The van der Waals surface area contributed by atoms with Crippen molar-refractivity contribution in [2.75, 3.05) is 13.6 Å². The second-order valence-electron chi connectivity index (χ2n) is 6.33. The molecule has 2 heteroatoms. The molecular weight excluding hydrogens is 302 g/mol. The summed E-state index contributed by atoms with van der Waals surface area (Å²) >= 11 is 0. The summed E-state index contributed by atoms with van der Waals surface area (Å²) in [6.45, 7) is 1.15. The predicted molar refractivity (Wildman–Crippen MR) is 100 cm³/mol. The van der Waals surface area contributed by atoms with Gasteiger partial charge < -0.3 is 0 Å². The Hall–Kier alpha value is -1.83. The Balaban J connectivity index is 0.00000156. The smallest absolute Gasteiger partial charge is 0.0388 e. The molecule has 1 heterocycles. The van der Waals surface area contributed by atoms with Crippen molar-refractivity contribution in [2.24, 2.45) is 0 Å². The van der Waals surface area contributed by atoms with Crippen LogP contribution in [-0.4, -0.2) is 18.5 Å². The molecule has 0 amide bonds. The summed E-state index contributed by atoms with van der Waals surface area (Å²) in [6.07, 6.45) is 2.25. The largest absolute Gasteiger partial charge is 0.299 e. The quantitative estimate of drug-likeness (QED) is 0.639. The Bertz CT molecular complexity index is 812. The highest BCUT2D eigenvalue weighted by Crippen LogP contribution is 2.31. The summed E-state index contributed by atoms with van der Waals surface area (Å²) in [4.78, 5) is 2.50. The lowest BCUT2D eigenvalue weighted by Crippen LogP contribution is -2.33. The fraction of sp³-hybridized carbons (Fsp3) is 0.238. The first-order chi connectivity index (χ1) is 10.8. The number of fused-ring (bicyclic) bond motifs is 2. The molecule has 0 saturated heterocycles. The van der Waals surface area contributed by atoms with Crippen LogP contribution in [0.25, 0.3) is 10.8 Å². The molecule has 23 heavy (non-hydrogen) atoms. The number of benzene rings is 3. The lowest BCUT2D eigenvalue weighted by atomic mass is 9.89. The SMILES string of the molecule is CN1CCc2ccccc2C1Cc1ccc2ccccc2c1.Cl. The van der Waals surface area contributed by atoms with E-state index in [1.807, 2.05) is 0 Å². The van der Waals surface area contributed by atoms with E-state index in [1.54, 1.807) is 0 Å². The number of hydrogen-bond donors (Lipinski definition) is 0. The molecule has 4 rings (SSSR count). The van der Waals surface area contributed by atoms with Gasteiger partial charge in [0.15, 0.2) is 0 Å². The zero-order valence-electron chi connectivity index (χ0n) is 13.4. The maximum Gasteiger partial charge on any atom is 0.0388 e.